The minimum atomic E-state index is 0.675. The van der Waals surface area contributed by atoms with Gasteiger partial charge >= 0.3 is 0 Å². The molecule has 1 aromatic rings. The Bertz CT molecular complexity index is 374. The van der Waals surface area contributed by atoms with E-state index in [0.29, 0.717) is 5.92 Å². The van der Waals surface area contributed by atoms with Gasteiger partial charge in [0.15, 0.2) is 5.89 Å². The molecule has 94 valence electrons. The van der Waals surface area contributed by atoms with Gasteiger partial charge in [-0.3, -0.25) is 0 Å². The molecule has 3 heteroatoms. The Morgan fingerprint density at radius 1 is 1.41 bits per heavy atom. The lowest BCUT2D eigenvalue weighted by atomic mass is 9.87. The monoisotopic (exact) mass is 234 g/mol. The fourth-order valence-electron chi connectivity index (χ4n) is 3.58. The second kappa shape index (κ2) is 4.81. The van der Waals surface area contributed by atoms with Gasteiger partial charge in [-0.2, -0.15) is 0 Å². The summed E-state index contributed by atoms with van der Waals surface area (Å²) in [5, 5.41) is 3.30. The Kier molecular flexibility index (Phi) is 3.19. The topological polar surface area (TPSA) is 38.1 Å². The summed E-state index contributed by atoms with van der Waals surface area (Å²) in [5.41, 5.74) is 0. The molecular formula is C14H22N2O. The molecule has 3 rings (SSSR count). The van der Waals surface area contributed by atoms with Crippen molar-refractivity contribution in [2.75, 3.05) is 13.1 Å². The number of hydrogen-bond acceptors (Lipinski definition) is 3. The number of aromatic nitrogens is 1. The smallest absolute Gasteiger partial charge is 0.195 e. The lowest BCUT2D eigenvalue weighted by Crippen LogP contribution is -2.16. The second-order valence-electron chi connectivity index (χ2n) is 5.54. The van der Waals surface area contributed by atoms with Crippen LogP contribution >= 0.6 is 0 Å². The summed E-state index contributed by atoms with van der Waals surface area (Å²) in [6, 6.07) is 0. The van der Waals surface area contributed by atoms with Crippen LogP contribution in [0.1, 0.15) is 50.2 Å². The molecule has 3 atom stereocenters. The maximum Gasteiger partial charge on any atom is 0.195 e. The van der Waals surface area contributed by atoms with Gasteiger partial charge < -0.3 is 9.73 Å². The number of fused-ring (bicyclic) bond motifs is 2. The van der Waals surface area contributed by atoms with Gasteiger partial charge in [-0.15, -0.1) is 0 Å². The molecule has 0 radical (unpaired) electrons. The van der Waals surface area contributed by atoms with Crippen molar-refractivity contribution in [3.63, 3.8) is 0 Å². The molecule has 2 saturated carbocycles. The number of likely N-dealkylation sites (N-methyl/N-ethyl adjacent to an activating group) is 1. The van der Waals surface area contributed by atoms with Gasteiger partial charge in [-0.05, 0) is 37.6 Å². The summed E-state index contributed by atoms with van der Waals surface area (Å²) in [6.07, 6.45) is 8.51. The molecular weight excluding hydrogens is 212 g/mol. The normalized spacial score (nSPS) is 31.2. The maximum absolute atomic E-state index is 5.92. The van der Waals surface area contributed by atoms with Gasteiger partial charge in [0, 0.05) is 18.9 Å². The average molecular weight is 234 g/mol. The van der Waals surface area contributed by atoms with Crippen LogP contribution < -0.4 is 5.32 Å². The summed E-state index contributed by atoms with van der Waals surface area (Å²) < 4.78 is 5.92. The Morgan fingerprint density at radius 3 is 3.06 bits per heavy atom. The fourth-order valence-corrected chi connectivity index (χ4v) is 3.58. The van der Waals surface area contributed by atoms with Gasteiger partial charge in [0.2, 0.25) is 0 Å². The largest absolute Gasteiger partial charge is 0.445 e. The van der Waals surface area contributed by atoms with Crippen molar-refractivity contribution in [1.29, 1.82) is 0 Å². The summed E-state index contributed by atoms with van der Waals surface area (Å²) >= 11 is 0. The molecule has 2 aliphatic carbocycles. The number of oxazole rings is 1. The lowest BCUT2D eigenvalue weighted by molar-refractivity contribution is 0.343. The lowest BCUT2D eigenvalue weighted by Gasteiger charge is -2.18. The Balaban J connectivity index is 1.60. The van der Waals surface area contributed by atoms with Crippen molar-refractivity contribution in [2.24, 2.45) is 11.8 Å². The molecule has 2 aliphatic rings. The van der Waals surface area contributed by atoms with Crippen molar-refractivity contribution in [1.82, 2.24) is 10.3 Å². The first-order chi connectivity index (χ1) is 8.36. The van der Waals surface area contributed by atoms with Crippen molar-refractivity contribution < 1.29 is 4.42 Å². The molecule has 2 bridgehead atoms. The molecule has 2 fully saturated rings. The number of nitrogens with zero attached hydrogens (tertiary/aromatic N) is 1. The van der Waals surface area contributed by atoms with Crippen LogP contribution in [0, 0.1) is 11.8 Å². The van der Waals surface area contributed by atoms with Crippen LogP contribution in [0.25, 0.3) is 0 Å². The highest BCUT2D eigenvalue weighted by Gasteiger charge is 2.41. The van der Waals surface area contributed by atoms with E-state index in [1.165, 1.54) is 25.7 Å². The zero-order valence-corrected chi connectivity index (χ0v) is 10.6. The molecule has 1 heterocycles. The highest BCUT2D eigenvalue weighted by atomic mass is 16.4. The standard InChI is InChI=1S/C14H22N2O/c1-2-15-6-5-14-16-9-13(17-14)12-8-10-3-4-11(12)7-10/h9-12,15H,2-8H2,1H3. The first-order valence-electron chi connectivity index (χ1n) is 7.02. The third kappa shape index (κ3) is 2.25. The van der Waals surface area contributed by atoms with Crippen molar-refractivity contribution in [3.05, 3.63) is 17.8 Å². The van der Waals surface area contributed by atoms with E-state index < -0.39 is 0 Å². The maximum atomic E-state index is 5.92. The van der Waals surface area contributed by atoms with E-state index in [-0.39, 0.29) is 0 Å². The van der Waals surface area contributed by atoms with Crippen molar-refractivity contribution in [2.45, 2.75) is 44.9 Å². The molecule has 1 N–H and O–H groups in total. The van der Waals surface area contributed by atoms with E-state index in [0.717, 1.165) is 43.0 Å². The third-order valence-corrected chi connectivity index (χ3v) is 4.44. The van der Waals surface area contributed by atoms with E-state index in [1.54, 1.807) is 0 Å². The van der Waals surface area contributed by atoms with Crippen molar-refractivity contribution in [3.8, 4) is 0 Å². The van der Waals surface area contributed by atoms with Crippen molar-refractivity contribution >= 4 is 0 Å². The minimum Gasteiger partial charge on any atom is -0.445 e. The van der Waals surface area contributed by atoms with Gasteiger partial charge in [0.25, 0.3) is 0 Å². The van der Waals surface area contributed by atoms with E-state index in [2.05, 4.69) is 17.2 Å². The Labute approximate surface area is 103 Å². The van der Waals surface area contributed by atoms with Crippen LogP contribution in [-0.4, -0.2) is 18.1 Å². The predicted molar refractivity (Wildman–Crippen MR) is 66.9 cm³/mol. The minimum absolute atomic E-state index is 0.675. The number of nitrogens with one attached hydrogen (secondary N) is 1. The van der Waals surface area contributed by atoms with Crippen LogP contribution in [0.15, 0.2) is 10.6 Å². The highest BCUT2D eigenvalue weighted by Crippen LogP contribution is 2.52. The predicted octanol–water partition coefficient (Wildman–Crippen LogP) is 2.73. The van der Waals surface area contributed by atoms with Gasteiger partial charge in [-0.1, -0.05) is 13.3 Å². The van der Waals surface area contributed by atoms with Gasteiger partial charge in [0.1, 0.15) is 5.76 Å². The van der Waals surface area contributed by atoms with E-state index in [9.17, 15) is 0 Å². The summed E-state index contributed by atoms with van der Waals surface area (Å²) in [6.45, 7) is 4.10. The number of hydrogen-bond donors (Lipinski definition) is 1. The average Bonchev–Trinajstić information content (AvgIpc) is 3.04. The summed E-state index contributed by atoms with van der Waals surface area (Å²) in [4.78, 5) is 4.41. The van der Waals surface area contributed by atoms with Crippen LogP contribution in [0.2, 0.25) is 0 Å². The first-order valence-corrected chi connectivity index (χ1v) is 7.02. The highest BCUT2D eigenvalue weighted by molar-refractivity contribution is 5.10. The molecule has 0 aliphatic heterocycles. The molecule has 0 saturated heterocycles. The third-order valence-electron chi connectivity index (χ3n) is 4.44. The van der Waals surface area contributed by atoms with Crippen LogP contribution in [-0.2, 0) is 6.42 Å². The molecule has 17 heavy (non-hydrogen) atoms. The Morgan fingerprint density at radius 2 is 2.35 bits per heavy atom. The quantitative estimate of drug-likeness (QED) is 0.796. The van der Waals surface area contributed by atoms with Gasteiger partial charge in [0.05, 0.1) is 6.20 Å². The molecule has 1 aromatic heterocycles. The second-order valence-corrected chi connectivity index (χ2v) is 5.54. The molecule has 3 nitrogen and oxygen atoms in total. The van der Waals surface area contributed by atoms with Crippen LogP contribution in [0.3, 0.4) is 0 Å². The molecule has 3 unspecified atom stereocenters. The summed E-state index contributed by atoms with van der Waals surface area (Å²) in [5.74, 6) is 4.59. The van der Waals surface area contributed by atoms with E-state index in [1.807, 2.05) is 6.20 Å². The zero-order valence-electron chi connectivity index (χ0n) is 10.6. The Hall–Kier alpha value is -0.830. The molecule has 0 spiro atoms. The molecule has 0 amide bonds. The SMILES string of the molecule is CCNCCc1ncc(C2CC3CCC2C3)o1. The zero-order chi connectivity index (χ0) is 11.7. The van der Waals surface area contributed by atoms with Crippen LogP contribution in [0.4, 0.5) is 0 Å². The summed E-state index contributed by atoms with van der Waals surface area (Å²) in [7, 11) is 0. The fraction of sp³-hybridized carbons (Fsp3) is 0.786. The first kappa shape index (κ1) is 11.3. The molecule has 0 aromatic carbocycles. The van der Waals surface area contributed by atoms with E-state index in [4.69, 9.17) is 4.42 Å². The van der Waals surface area contributed by atoms with E-state index >= 15 is 0 Å². The van der Waals surface area contributed by atoms with Crippen LogP contribution in [0.5, 0.6) is 0 Å². The van der Waals surface area contributed by atoms with Gasteiger partial charge in [-0.25, -0.2) is 4.98 Å². The number of rotatable bonds is 5.